The monoisotopic (exact) mass is 394 g/mol. The summed E-state index contributed by atoms with van der Waals surface area (Å²) in [6, 6.07) is 3.79. The van der Waals surface area contributed by atoms with Crippen LogP contribution in [0.3, 0.4) is 0 Å². The van der Waals surface area contributed by atoms with Crippen molar-refractivity contribution in [3.05, 3.63) is 88.0 Å². The Morgan fingerprint density at radius 3 is 2.22 bits per heavy atom. The number of rotatable bonds is 0. The molecule has 1 unspecified atom stereocenters. The quantitative estimate of drug-likeness (QED) is 0.509. The van der Waals surface area contributed by atoms with Crippen molar-refractivity contribution in [3.8, 4) is 0 Å². The zero-order valence-corrected chi connectivity index (χ0v) is 15.2. The zero-order valence-electron chi connectivity index (χ0n) is 14.1. The molecule has 0 saturated carbocycles. The molecule has 5 heterocycles. The summed E-state index contributed by atoms with van der Waals surface area (Å²) in [7, 11) is 0. The Morgan fingerprint density at radius 1 is 0.852 bits per heavy atom. The van der Waals surface area contributed by atoms with Crippen molar-refractivity contribution < 1.29 is 21.9 Å². The number of nitrogens with zero attached hydrogens (tertiary/aromatic N) is 2. The maximum Gasteiger partial charge on any atom is 0.130 e. The van der Waals surface area contributed by atoms with E-state index in [0.717, 1.165) is 39.2 Å². The second-order valence-electron chi connectivity index (χ2n) is 6.34. The van der Waals surface area contributed by atoms with Crippen LogP contribution in [0.1, 0.15) is 0 Å². The van der Waals surface area contributed by atoms with Crippen LogP contribution in [-0.4, -0.2) is 28.4 Å². The third-order valence-corrected chi connectivity index (χ3v) is 4.43. The molecule has 0 spiro atoms. The molecular formula is C21H14FeN4O. The number of aromatic amines is 1. The predicted molar refractivity (Wildman–Crippen MR) is 103 cm³/mol. The van der Waals surface area contributed by atoms with Crippen LogP contribution in [0.4, 0.5) is 0 Å². The fourth-order valence-electron chi connectivity index (χ4n) is 3.23. The molecule has 4 aliphatic heterocycles. The molecule has 0 saturated heterocycles. The molecule has 132 valence electrons. The van der Waals surface area contributed by atoms with Crippen LogP contribution >= 0.6 is 0 Å². The maximum absolute atomic E-state index is 11.3. The van der Waals surface area contributed by atoms with Crippen LogP contribution in [0, 0.1) is 0 Å². The second kappa shape index (κ2) is 6.86. The van der Waals surface area contributed by atoms with Crippen molar-refractivity contribution in [1.29, 1.82) is 0 Å². The normalized spacial score (nSPS) is 21.6. The third-order valence-electron chi connectivity index (χ3n) is 4.43. The van der Waals surface area contributed by atoms with Gasteiger partial charge in [0.2, 0.25) is 0 Å². The molecule has 4 aliphatic rings. The van der Waals surface area contributed by atoms with Gasteiger partial charge in [0.15, 0.2) is 0 Å². The average Bonchev–Trinajstić information content (AvgIpc) is 3.39. The Kier molecular flexibility index (Phi) is 4.38. The van der Waals surface area contributed by atoms with Crippen molar-refractivity contribution in [2.45, 2.75) is 6.04 Å². The molecule has 8 bridgehead atoms. The Bertz CT molecular complexity index is 1210. The number of hydrogen-bond donors (Lipinski definition) is 2. The first-order chi connectivity index (χ1) is 12.7. The molecule has 0 amide bonds. The van der Waals surface area contributed by atoms with Crippen LogP contribution in [0.5, 0.6) is 0 Å². The molecule has 0 fully saturated rings. The summed E-state index contributed by atoms with van der Waals surface area (Å²) in [5, 5.41) is 5.27. The number of fused-ring (bicyclic) bond motifs is 6. The maximum atomic E-state index is 11.3. The summed E-state index contributed by atoms with van der Waals surface area (Å²) in [5.74, 6) is 2.02. The summed E-state index contributed by atoms with van der Waals surface area (Å²) in [6.07, 6.45) is 17.5. The third kappa shape index (κ3) is 3.42. The molecule has 1 aromatic heterocycles. The Balaban J connectivity index is 0.00000180. The van der Waals surface area contributed by atoms with Gasteiger partial charge in [0.05, 0.1) is 34.4 Å². The fourth-order valence-corrected chi connectivity index (χ4v) is 3.23. The topological polar surface area (TPSA) is 69.6 Å². The van der Waals surface area contributed by atoms with Gasteiger partial charge >= 0.3 is 0 Å². The molecule has 0 aromatic carbocycles. The van der Waals surface area contributed by atoms with Crippen molar-refractivity contribution in [2.75, 3.05) is 0 Å². The van der Waals surface area contributed by atoms with E-state index in [4.69, 9.17) is 0 Å². The van der Waals surface area contributed by atoms with Crippen LogP contribution in [0.25, 0.3) is 12.2 Å². The van der Waals surface area contributed by atoms with Crippen molar-refractivity contribution in [2.24, 2.45) is 9.98 Å². The van der Waals surface area contributed by atoms with Crippen LogP contribution in [-0.2, 0) is 21.9 Å². The first-order valence-corrected chi connectivity index (χ1v) is 8.34. The Morgan fingerprint density at radius 2 is 1.52 bits per heavy atom. The zero-order chi connectivity index (χ0) is 17.5. The van der Waals surface area contributed by atoms with Crippen molar-refractivity contribution in [3.63, 3.8) is 0 Å². The predicted octanol–water partition coefficient (Wildman–Crippen LogP) is 0.990. The number of hydrogen-bond acceptors (Lipinski definition) is 4. The van der Waals surface area contributed by atoms with Gasteiger partial charge < -0.3 is 10.3 Å². The van der Waals surface area contributed by atoms with Crippen LogP contribution in [0.2, 0.25) is 0 Å². The molecule has 5 rings (SSSR count). The largest absolute Gasteiger partial charge is 0.374 e. The first-order valence-electron chi connectivity index (χ1n) is 8.34. The van der Waals surface area contributed by atoms with Gasteiger partial charge in [-0.3, -0.25) is 0 Å². The molecular weight excluding hydrogens is 380 g/mol. The van der Waals surface area contributed by atoms with Gasteiger partial charge in [0.1, 0.15) is 5.94 Å². The number of H-pyrrole nitrogens is 1. The van der Waals surface area contributed by atoms with Gasteiger partial charge in [-0.2, -0.15) is 0 Å². The van der Waals surface area contributed by atoms with E-state index >= 15 is 0 Å². The molecule has 6 heteroatoms. The minimum atomic E-state index is -0.243. The van der Waals surface area contributed by atoms with E-state index < -0.39 is 0 Å². The minimum absolute atomic E-state index is 0. The van der Waals surface area contributed by atoms with Crippen molar-refractivity contribution >= 4 is 29.5 Å². The average molecular weight is 394 g/mol. The number of nitrogens with one attached hydrogen (secondary N) is 2. The molecule has 0 radical (unpaired) electrons. The summed E-state index contributed by atoms with van der Waals surface area (Å²) in [6.45, 7) is 0. The Labute approximate surface area is 165 Å². The summed E-state index contributed by atoms with van der Waals surface area (Å²) in [4.78, 5) is 23.9. The van der Waals surface area contributed by atoms with Crippen LogP contribution in [0.15, 0.2) is 87.3 Å². The number of carbonyl (C=O) groups excluding carboxylic acids is 1. The molecule has 0 aliphatic carbocycles. The summed E-state index contributed by atoms with van der Waals surface area (Å²) >= 11 is 0. The molecule has 1 aromatic rings. The number of aliphatic imine (C=N–C) groups is 2. The van der Waals surface area contributed by atoms with E-state index in [1.807, 2.05) is 66.7 Å². The summed E-state index contributed by atoms with van der Waals surface area (Å²) < 4.78 is 0. The van der Waals surface area contributed by atoms with E-state index in [1.54, 1.807) is 6.08 Å². The van der Waals surface area contributed by atoms with Gasteiger partial charge in [-0.05, 0) is 66.8 Å². The molecule has 5 nitrogen and oxygen atoms in total. The molecule has 1 atom stereocenters. The number of allylic oxidation sites excluding steroid dienone is 5. The summed E-state index contributed by atoms with van der Waals surface area (Å²) in [5.41, 5.74) is 4.77. The standard InChI is InChI=1S/C21H14N4O.Fe/c26-12-13-7-20-10-18-4-3-16(23-18)8-14-1-2-15(22-14)9-17-5-6-19(24-17)11-21(13)25-20;/h1-11,21-22,25H;. The van der Waals surface area contributed by atoms with Crippen LogP contribution < -0.4 is 16.0 Å². The molecule has 27 heavy (non-hydrogen) atoms. The van der Waals surface area contributed by atoms with Gasteiger partial charge in [0, 0.05) is 33.5 Å². The van der Waals surface area contributed by atoms with E-state index in [-0.39, 0.29) is 23.1 Å². The molecule has 2 N–H and O–H groups in total. The Hall–Kier alpha value is -3.17. The van der Waals surface area contributed by atoms with Gasteiger partial charge in [-0.25, -0.2) is 14.8 Å². The van der Waals surface area contributed by atoms with Gasteiger partial charge in [-0.15, -0.1) is 0 Å². The van der Waals surface area contributed by atoms with Gasteiger partial charge in [-0.1, -0.05) is 0 Å². The van der Waals surface area contributed by atoms with E-state index in [0.29, 0.717) is 5.57 Å². The number of aromatic nitrogens is 1. The van der Waals surface area contributed by atoms with E-state index in [9.17, 15) is 4.79 Å². The first kappa shape index (κ1) is 17.3. The second-order valence-corrected chi connectivity index (χ2v) is 6.34. The van der Waals surface area contributed by atoms with Gasteiger partial charge in [0.25, 0.3) is 0 Å². The van der Waals surface area contributed by atoms with E-state index in [2.05, 4.69) is 20.3 Å². The fraction of sp³-hybridized carbons (Fsp3) is 0.0476. The van der Waals surface area contributed by atoms with E-state index in [1.165, 1.54) is 0 Å². The smallest absolute Gasteiger partial charge is 0.130 e. The minimum Gasteiger partial charge on any atom is -0.374 e. The SMILES string of the molecule is O=C=C1C=C2C=C3C=CC(=N3)C=c3ccc([nH]3)=CC3=NC(=CC1N2)C=C3.[Fe]. The van der Waals surface area contributed by atoms with Crippen molar-refractivity contribution in [1.82, 2.24) is 10.3 Å².